The normalized spacial score (nSPS) is 12.8. The average Bonchev–Trinajstić information content (AvgIpc) is 2.89. The molecule has 0 fully saturated rings. The lowest BCUT2D eigenvalue weighted by Crippen LogP contribution is -2.54. The molecule has 0 aliphatic carbocycles. The summed E-state index contributed by atoms with van der Waals surface area (Å²) >= 11 is 6.84. The number of carbonyl (C=O) groups is 2. The first-order valence-corrected chi connectivity index (χ1v) is 16.0. The maximum Gasteiger partial charge on any atom is 0.244 e. The van der Waals surface area contributed by atoms with E-state index in [0.717, 1.165) is 37.1 Å². The van der Waals surface area contributed by atoms with Gasteiger partial charge in [-0.3, -0.25) is 13.9 Å². The lowest BCUT2D eigenvalue weighted by Gasteiger charge is -2.34. The molecular weight excluding hydrogens is 646 g/mol. The third kappa shape index (κ3) is 9.19. The van der Waals surface area contributed by atoms with E-state index in [1.54, 1.807) is 24.3 Å². The Morgan fingerprint density at radius 2 is 1.54 bits per heavy atom. The van der Waals surface area contributed by atoms with Crippen molar-refractivity contribution in [3.63, 3.8) is 0 Å². The molecule has 0 aromatic heterocycles. The molecule has 10 heteroatoms. The van der Waals surface area contributed by atoms with Crippen LogP contribution in [0.5, 0.6) is 0 Å². The second kappa shape index (κ2) is 14.1. The summed E-state index contributed by atoms with van der Waals surface area (Å²) in [6, 6.07) is 22.7. The van der Waals surface area contributed by atoms with E-state index >= 15 is 0 Å². The van der Waals surface area contributed by atoms with Crippen molar-refractivity contribution >= 4 is 59.4 Å². The number of sulfonamides is 1. The van der Waals surface area contributed by atoms with E-state index in [2.05, 4.69) is 37.2 Å². The molecule has 0 aliphatic heterocycles. The summed E-state index contributed by atoms with van der Waals surface area (Å²) in [5, 5.41) is 3.02. The molecule has 3 rings (SSSR count). The lowest BCUT2D eigenvalue weighted by atomic mass is 10.0. The third-order valence-electron chi connectivity index (χ3n) is 6.31. The Hall–Kier alpha value is -2.69. The molecule has 7 nitrogen and oxygen atoms in total. The standard InChI is InChI=1S/C29H33Br2N3O4S/c1-4-21(2)32-29(36)27(18-22-9-6-5-7-10-22)33(19-23-11-8-12-25(31)17-23)28(35)20-34(39(3,37)38)26-15-13-24(30)14-16-26/h5-17,21,27H,4,18-20H2,1-3H3,(H,32,36)/t21-,27+/m1/s1. The van der Waals surface area contributed by atoms with Gasteiger partial charge in [0.25, 0.3) is 0 Å². The maximum absolute atomic E-state index is 14.0. The van der Waals surface area contributed by atoms with Gasteiger partial charge in [0.1, 0.15) is 12.6 Å². The van der Waals surface area contributed by atoms with E-state index in [4.69, 9.17) is 0 Å². The monoisotopic (exact) mass is 677 g/mol. The van der Waals surface area contributed by atoms with E-state index in [9.17, 15) is 18.0 Å². The van der Waals surface area contributed by atoms with Crippen LogP contribution in [0.1, 0.15) is 31.4 Å². The van der Waals surface area contributed by atoms with Gasteiger partial charge in [-0.05, 0) is 60.9 Å². The molecule has 3 aromatic carbocycles. The van der Waals surface area contributed by atoms with Gasteiger partial charge in [-0.15, -0.1) is 0 Å². The van der Waals surface area contributed by atoms with Crippen LogP contribution in [0.15, 0.2) is 87.8 Å². The Labute approximate surface area is 247 Å². The topological polar surface area (TPSA) is 86.8 Å². The van der Waals surface area contributed by atoms with Crippen molar-refractivity contribution in [2.75, 3.05) is 17.1 Å². The van der Waals surface area contributed by atoms with Crippen molar-refractivity contribution in [2.45, 2.75) is 45.3 Å². The first-order valence-electron chi connectivity index (χ1n) is 12.6. The maximum atomic E-state index is 14.0. The van der Waals surface area contributed by atoms with Crippen LogP contribution in [-0.2, 0) is 32.6 Å². The van der Waals surface area contributed by atoms with Gasteiger partial charge in [0, 0.05) is 28.0 Å². The quantitative estimate of drug-likeness (QED) is 0.273. The molecule has 208 valence electrons. The molecule has 3 aromatic rings. The highest BCUT2D eigenvalue weighted by Crippen LogP contribution is 2.23. The predicted octanol–water partition coefficient (Wildman–Crippen LogP) is 5.53. The second-order valence-electron chi connectivity index (χ2n) is 9.42. The number of carbonyl (C=O) groups excluding carboxylic acids is 2. The van der Waals surface area contributed by atoms with Crippen molar-refractivity contribution in [3.05, 3.63) is 98.9 Å². The number of anilines is 1. The zero-order chi connectivity index (χ0) is 28.6. The van der Waals surface area contributed by atoms with Gasteiger partial charge in [-0.25, -0.2) is 8.42 Å². The van der Waals surface area contributed by atoms with Gasteiger partial charge in [0.15, 0.2) is 0 Å². The predicted molar refractivity (Wildman–Crippen MR) is 163 cm³/mol. The molecule has 0 radical (unpaired) electrons. The lowest BCUT2D eigenvalue weighted by molar-refractivity contribution is -0.140. The van der Waals surface area contributed by atoms with Crippen LogP contribution in [-0.4, -0.2) is 50.0 Å². The fraction of sp³-hybridized carbons (Fsp3) is 0.310. The Morgan fingerprint density at radius 1 is 0.897 bits per heavy atom. The van der Waals surface area contributed by atoms with E-state index in [1.807, 2.05) is 68.4 Å². The molecule has 1 N–H and O–H groups in total. The molecule has 0 aliphatic rings. The van der Waals surface area contributed by atoms with Crippen LogP contribution in [0, 0.1) is 0 Å². The van der Waals surface area contributed by atoms with E-state index in [-0.39, 0.29) is 24.9 Å². The Bertz CT molecular complexity index is 1370. The zero-order valence-corrected chi connectivity index (χ0v) is 26.2. The largest absolute Gasteiger partial charge is 0.352 e. The molecular formula is C29H33Br2N3O4S. The molecule has 0 saturated heterocycles. The van der Waals surface area contributed by atoms with Crippen molar-refractivity contribution < 1.29 is 18.0 Å². The number of benzene rings is 3. The number of amides is 2. The molecule has 0 saturated carbocycles. The van der Waals surface area contributed by atoms with Gasteiger partial charge in [0.05, 0.1) is 11.9 Å². The number of rotatable bonds is 12. The van der Waals surface area contributed by atoms with Crippen LogP contribution < -0.4 is 9.62 Å². The highest BCUT2D eigenvalue weighted by Gasteiger charge is 2.33. The first kappa shape index (κ1) is 30.8. The number of halogens is 2. The van der Waals surface area contributed by atoms with Gasteiger partial charge in [-0.2, -0.15) is 0 Å². The summed E-state index contributed by atoms with van der Waals surface area (Å²) < 4.78 is 28.3. The van der Waals surface area contributed by atoms with Crippen LogP contribution >= 0.6 is 31.9 Å². The van der Waals surface area contributed by atoms with Crippen LogP contribution in [0.2, 0.25) is 0 Å². The van der Waals surface area contributed by atoms with Crippen LogP contribution in [0.25, 0.3) is 0 Å². The van der Waals surface area contributed by atoms with Crippen molar-refractivity contribution in [1.82, 2.24) is 10.2 Å². The highest BCUT2D eigenvalue weighted by molar-refractivity contribution is 9.10. The summed E-state index contributed by atoms with van der Waals surface area (Å²) in [5.74, 6) is -0.769. The summed E-state index contributed by atoms with van der Waals surface area (Å²) in [5.41, 5.74) is 2.06. The number of hydrogen-bond acceptors (Lipinski definition) is 4. The van der Waals surface area contributed by atoms with Crippen molar-refractivity contribution in [2.24, 2.45) is 0 Å². The summed E-state index contributed by atoms with van der Waals surface area (Å²) in [6.07, 6.45) is 2.08. The van der Waals surface area contributed by atoms with Crippen molar-refractivity contribution in [3.8, 4) is 0 Å². The minimum Gasteiger partial charge on any atom is -0.352 e. The van der Waals surface area contributed by atoms with Gasteiger partial charge >= 0.3 is 0 Å². The molecule has 2 amide bonds. The Balaban J connectivity index is 2.05. The zero-order valence-electron chi connectivity index (χ0n) is 22.2. The van der Waals surface area contributed by atoms with Gasteiger partial charge < -0.3 is 10.2 Å². The van der Waals surface area contributed by atoms with Crippen LogP contribution in [0.4, 0.5) is 5.69 Å². The number of hydrogen-bond donors (Lipinski definition) is 1. The minimum absolute atomic E-state index is 0.0890. The average molecular weight is 679 g/mol. The summed E-state index contributed by atoms with van der Waals surface area (Å²) in [7, 11) is -3.80. The second-order valence-corrected chi connectivity index (χ2v) is 13.2. The van der Waals surface area contributed by atoms with Gasteiger partial charge in [0.2, 0.25) is 21.8 Å². The fourth-order valence-electron chi connectivity index (χ4n) is 4.05. The van der Waals surface area contributed by atoms with E-state index in [1.165, 1.54) is 4.90 Å². The Kier molecular flexibility index (Phi) is 11.1. The summed E-state index contributed by atoms with van der Waals surface area (Å²) in [6.45, 7) is 3.57. The van der Waals surface area contributed by atoms with E-state index in [0.29, 0.717) is 5.69 Å². The van der Waals surface area contributed by atoms with E-state index < -0.39 is 28.5 Å². The fourth-order valence-corrected chi connectivity index (χ4v) is 5.61. The summed E-state index contributed by atoms with van der Waals surface area (Å²) in [4.78, 5) is 29.2. The Morgan fingerprint density at radius 3 is 2.13 bits per heavy atom. The third-order valence-corrected chi connectivity index (χ3v) is 8.47. The SMILES string of the molecule is CC[C@@H](C)NC(=O)[C@H](Cc1ccccc1)N(Cc1cccc(Br)c1)C(=O)CN(c1ccc(Br)cc1)S(C)(=O)=O. The first-order chi connectivity index (χ1) is 18.5. The van der Waals surface area contributed by atoms with Crippen molar-refractivity contribution in [1.29, 1.82) is 0 Å². The number of nitrogens with one attached hydrogen (secondary N) is 1. The molecule has 0 spiro atoms. The minimum atomic E-state index is -3.80. The molecule has 2 atom stereocenters. The van der Waals surface area contributed by atoms with Gasteiger partial charge in [-0.1, -0.05) is 81.2 Å². The van der Waals surface area contributed by atoms with Crippen LogP contribution in [0.3, 0.4) is 0 Å². The molecule has 0 bridgehead atoms. The number of nitrogens with zero attached hydrogens (tertiary/aromatic N) is 2. The smallest absolute Gasteiger partial charge is 0.244 e. The molecule has 0 heterocycles. The molecule has 39 heavy (non-hydrogen) atoms. The highest BCUT2D eigenvalue weighted by atomic mass is 79.9. The molecule has 0 unspecified atom stereocenters.